The fourth-order valence-corrected chi connectivity index (χ4v) is 4.06. The molecule has 134 valence electrons. The van der Waals surface area contributed by atoms with Gasteiger partial charge in [0.1, 0.15) is 0 Å². The molecule has 1 aliphatic carbocycles. The Bertz CT molecular complexity index is 1390. The number of carbonyl (C=O) groups excluding carboxylic acids is 1. The molecule has 1 aliphatic rings. The maximum Gasteiger partial charge on any atom is 0.196 e. The van der Waals surface area contributed by atoms with Gasteiger partial charge in [-0.15, -0.1) is 0 Å². The molecule has 5 aromatic rings. The van der Waals surface area contributed by atoms with Crippen LogP contribution in [-0.2, 0) is 7.05 Å². The average Bonchev–Trinajstić information content (AvgIpc) is 3.47. The van der Waals surface area contributed by atoms with Crippen molar-refractivity contribution in [2.24, 2.45) is 7.05 Å². The lowest BCUT2D eigenvalue weighted by Gasteiger charge is -2.03. The van der Waals surface area contributed by atoms with Gasteiger partial charge in [-0.05, 0) is 23.3 Å². The van der Waals surface area contributed by atoms with E-state index < -0.39 is 0 Å². The monoisotopic (exact) mass is 365 g/mol. The van der Waals surface area contributed by atoms with E-state index in [1.165, 1.54) is 0 Å². The summed E-state index contributed by atoms with van der Waals surface area (Å²) < 4.78 is 1.76. The predicted molar refractivity (Wildman–Crippen MR) is 107 cm³/mol. The smallest absolute Gasteiger partial charge is 0.196 e. The first kappa shape index (κ1) is 15.2. The van der Waals surface area contributed by atoms with E-state index in [9.17, 15) is 4.79 Å². The van der Waals surface area contributed by atoms with Crippen LogP contribution < -0.4 is 0 Å². The van der Waals surface area contributed by atoms with Crippen molar-refractivity contribution in [1.82, 2.24) is 25.0 Å². The zero-order chi connectivity index (χ0) is 18.8. The number of aryl methyl sites for hydroxylation is 1. The molecule has 0 fully saturated rings. The van der Waals surface area contributed by atoms with Gasteiger partial charge in [-0.3, -0.25) is 14.6 Å². The predicted octanol–water partition coefficient (Wildman–Crippen LogP) is 4.17. The second-order valence-electron chi connectivity index (χ2n) is 7.11. The second-order valence-corrected chi connectivity index (χ2v) is 7.11. The van der Waals surface area contributed by atoms with E-state index in [-0.39, 0.29) is 5.78 Å². The summed E-state index contributed by atoms with van der Waals surface area (Å²) in [4.78, 5) is 16.7. The highest BCUT2D eigenvalue weighted by molar-refractivity contribution is 6.27. The Balaban J connectivity index is 1.51. The Kier molecular flexibility index (Phi) is 2.87. The van der Waals surface area contributed by atoms with Gasteiger partial charge < -0.3 is 4.98 Å². The second kappa shape index (κ2) is 5.29. The number of nitrogens with one attached hydrogen (secondary N) is 2. The Morgan fingerprint density at radius 3 is 2.57 bits per heavy atom. The summed E-state index contributed by atoms with van der Waals surface area (Å²) >= 11 is 0. The topological polar surface area (TPSA) is 79.4 Å². The fourth-order valence-electron chi connectivity index (χ4n) is 4.06. The number of hydrogen-bond acceptors (Lipinski definition) is 3. The molecule has 2 aromatic carbocycles. The lowest BCUT2D eigenvalue weighted by molar-refractivity contribution is 0.104. The van der Waals surface area contributed by atoms with Crippen molar-refractivity contribution < 1.29 is 4.79 Å². The number of fused-ring (bicyclic) bond motifs is 5. The van der Waals surface area contributed by atoms with E-state index in [1.807, 2.05) is 56.0 Å². The van der Waals surface area contributed by atoms with Gasteiger partial charge in [0.25, 0.3) is 0 Å². The van der Waals surface area contributed by atoms with Crippen LogP contribution in [0.1, 0.15) is 15.9 Å². The summed E-state index contributed by atoms with van der Waals surface area (Å²) in [6.07, 6.45) is 7.41. The molecule has 0 spiro atoms. The quantitative estimate of drug-likeness (QED) is 0.483. The van der Waals surface area contributed by atoms with Crippen LogP contribution in [0.5, 0.6) is 0 Å². The third-order valence-corrected chi connectivity index (χ3v) is 5.43. The lowest BCUT2D eigenvalue weighted by Crippen LogP contribution is -1.95. The van der Waals surface area contributed by atoms with Crippen LogP contribution in [0.3, 0.4) is 0 Å². The maximum atomic E-state index is 13.2. The summed E-state index contributed by atoms with van der Waals surface area (Å²) in [5, 5.41) is 12.0. The summed E-state index contributed by atoms with van der Waals surface area (Å²) in [7, 11) is 1.89. The minimum atomic E-state index is 0.0676. The molecule has 0 saturated carbocycles. The summed E-state index contributed by atoms with van der Waals surface area (Å²) in [6, 6.07) is 12.1. The van der Waals surface area contributed by atoms with Crippen LogP contribution >= 0.6 is 0 Å². The molecule has 0 amide bonds. The molecular weight excluding hydrogens is 350 g/mol. The molecule has 0 aliphatic heterocycles. The molecule has 6 rings (SSSR count). The molecule has 6 heteroatoms. The molecule has 0 bridgehead atoms. The zero-order valence-corrected chi connectivity index (χ0v) is 15.0. The van der Waals surface area contributed by atoms with Gasteiger partial charge in [0.05, 0.1) is 23.7 Å². The zero-order valence-electron chi connectivity index (χ0n) is 15.0. The van der Waals surface area contributed by atoms with E-state index in [0.29, 0.717) is 0 Å². The number of rotatable bonds is 2. The molecule has 0 atom stereocenters. The highest BCUT2D eigenvalue weighted by atomic mass is 16.1. The van der Waals surface area contributed by atoms with Gasteiger partial charge in [-0.25, -0.2) is 0 Å². The molecule has 3 aromatic heterocycles. The summed E-state index contributed by atoms with van der Waals surface area (Å²) in [5.74, 6) is 0.0676. The van der Waals surface area contributed by atoms with Crippen molar-refractivity contribution in [1.29, 1.82) is 0 Å². The van der Waals surface area contributed by atoms with Crippen molar-refractivity contribution in [3.8, 4) is 33.5 Å². The first-order chi connectivity index (χ1) is 13.7. The minimum Gasteiger partial charge on any atom is -0.354 e. The molecule has 6 nitrogen and oxygen atoms in total. The Labute approximate surface area is 159 Å². The molecule has 3 heterocycles. The Morgan fingerprint density at radius 2 is 1.79 bits per heavy atom. The number of H-pyrrole nitrogens is 2. The first-order valence-electron chi connectivity index (χ1n) is 9.02. The van der Waals surface area contributed by atoms with Gasteiger partial charge in [0, 0.05) is 52.6 Å². The largest absolute Gasteiger partial charge is 0.354 e. The van der Waals surface area contributed by atoms with E-state index in [1.54, 1.807) is 10.9 Å². The van der Waals surface area contributed by atoms with Gasteiger partial charge >= 0.3 is 0 Å². The minimum absolute atomic E-state index is 0.0676. The third-order valence-electron chi connectivity index (χ3n) is 5.43. The molecule has 2 N–H and O–H groups in total. The van der Waals surface area contributed by atoms with Crippen LogP contribution in [0.25, 0.3) is 44.4 Å². The van der Waals surface area contributed by atoms with E-state index in [2.05, 4.69) is 26.3 Å². The van der Waals surface area contributed by atoms with Gasteiger partial charge in [-0.1, -0.05) is 24.3 Å². The number of benzene rings is 2. The molecule has 28 heavy (non-hydrogen) atoms. The van der Waals surface area contributed by atoms with Gasteiger partial charge in [0.2, 0.25) is 0 Å². The van der Waals surface area contributed by atoms with Crippen molar-refractivity contribution in [3.63, 3.8) is 0 Å². The standard InChI is InChI=1S/C22H15N5O/c1-27-11-15(10-25-27)12-2-4-16-18(6-12)22(28)20-17-5-3-13(14-8-23-24-9-14)7-19(17)26-21(16)20/h2-11,26H,1H3,(H,23,24). The van der Waals surface area contributed by atoms with Crippen molar-refractivity contribution >= 4 is 16.7 Å². The van der Waals surface area contributed by atoms with Crippen molar-refractivity contribution in [3.05, 3.63) is 72.3 Å². The Hall–Kier alpha value is -3.93. The van der Waals surface area contributed by atoms with Crippen LogP contribution in [0.15, 0.2) is 61.2 Å². The lowest BCUT2D eigenvalue weighted by atomic mass is 10.0. The molecule has 0 saturated heterocycles. The number of hydrogen-bond donors (Lipinski definition) is 2. The molecule has 0 radical (unpaired) electrons. The van der Waals surface area contributed by atoms with Crippen LogP contribution in [0.2, 0.25) is 0 Å². The van der Waals surface area contributed by atoms with Crippen LogP contribution in [-0.4, -0.2) is 30.7 Å². The molecule has 0 unspecified atom stereocenters. The van der Waals surface area contributed by atoms with Crippen molar-refractivity contribution in [2.45, 2.75) is 0 Å². The third kappa shape index (κ3) is 2.00. The summed E-state index contributed by atoms with van der Waals surface area (Å²) in [5.41, 5.74) is 8.38. The highest BCUT2D eigenvalue weighted by Crippen LogP contribution is 2.42. The van der Waals surface area contributed by atoms with Crippen LogP contribution in [0.4, 0.5) is 0 Å². The maximum absolute atomic E-state index is 13.2. The van der Waals surface area contributed by atoms with Gasteiger partial charge in [0.15, 0.2) is 5.78 Å². The highest BCUT2D eigenvalue weighted by Gasteiger charge is 2.31. The number of nitrogens with zero attached hydrogens (tertiary/aromatic N) is 3. The SMILES string of the molecule is Cn1cc(-c2ccc3c(c2)C(=O)c2c-3[nH]c3cc(-c4cn[nH]c4)ccc23)cn1. The first-order valence-corrected chi connectivity index (χ1v) is 9.02. The van der Waals surface area contributed by atoms with Crippen LogP contribution in [0, 0.1) is 0 Å². The van der Waals surface area contributed by atoms with E-state index in [0.717, 1.165) is 55.5 Å². The fraction of sp³-hybridized carbons (Fsp3) is 0.0455. The van der Waals surface area contributed by atoms with Crippen molar-refractivity contribution in [2.75, 3.05) is 0 Å². The number of aromatic amines is 2. The number of carbonyl (C=O) groups is 1. The van der Waals surface area contributed by atoms with E-state index in [4.69, 9.17) is 0 Å². The normalized spacial score (nSPS) is 12.5. The summed E-state index contributed by atoms with van der Waals surface area (Å²) in [6.45, 7) is 0. The molecular formula is C22H15N5O. The van der Waals surface area contributed by atoms with E-state index >= 15 is 0 Å². The average molecular weight is 365 g/mol. The number of aromatic nitrogens is 5. The number of ketones is 1. The van der Waals surface area contributed by atoms with Gasteiger partial charge in [-0.2, -0.15) is 10.2 Å². The Morgan fingerprint density at radius 1 is 0.929 bits per heavy atom.